The van der Waals surface area contributed by atoms with E-state index in [2.05, 4.69) is 31.8 Å². The molecule has 2 aromatic carbocycles. The second kappa shape index (κ2) is 11.0. The zero-order chi connectivity index (χ0) is 22.2. The molecule has 0 aliphatic rings. The maximum atomic E-state index is 11.9. The highest BCUT2D eigenvalue weighted by atomic mass is 79.9. The van der Waals surface area contributed by atoms with Crippen molar-refractivity contribution in [1.29, 1.82) is 0 Å². The zero-order valence-corrected chi connectivity index (χ0v) is 19.0. The highest BCUT2D eigenvalue weighted by molar-refractivity contribution is 9.10. The summed E-state index contributed by atoms with van der Waals surface area (Å²) in [6.07, 6.45) is 2.85. The molecule has 0 unspecified atom stereocenters. The van der Waals surface area contributed by atoms with E-state index in [4.69, 9.17) is 32.4 Å². The molecule has 1 heterocycles. The largest absolute Gasteiger partial charge is 0.488 e. The van der Waals surface area contributed by atoms with Gasteiger partial charge in [-0.15, -0.1) is 0 Å². The number of carbonyl (C=O) groups excluding carboxylic acids is 2. The summed E-state index contributed by atoms with van der Waals surface area (Å²) in [5.74, 6) is -0.708. The molecule has 10 heteroatoms. The summed E-state index contributed by atoms with van der Waals surface area (Å²) in [5.41, 5.74) is 3.52. The van der Waals surface area contributed by atoms with Gasteiger partial charge in [-0.25, -0.2) is 5.43 Å². The van der Waals surface area contributed by atoms with Crippen molar-refractivity contribution in [3.63, 3.8) is 0 Å². The third kappa shape index (κ3) is 6.85. The van der Waals surface area contributed by atoms with Gasteiger partial charge in [-0.05, 0) is 42.5 Å². The second-order valence-electron chi connectivity index (χ2n) is 6.17. The van der Waals surface area contributed by atoms with Crippen LogP contribution in [0.1, 0.15) is 16.9 Å². The minimum Gasteiger partial charge on any atom is -0.488 e. The number of carbonyl (C=O) groups is 2. The molecule has 3 rings (SSSR count). The highest BCUT2D eigenvalue weighted by Crippen LogP contribution is 2.25. The lowest BCUT2D eigenvalue weighted by molar-refractivity contribution is -0.139. The topological polar surface area (TPSA) is 92.9 Å². The van der Waals surface area contributed by atoms with Gasteiger partial charge in [-0.1, -0.05) is 45.2 Å². The Kier molecular flexibility index (Phi) is 8.11. The van der Waals surface area contributed by atoms with Crippen LogP contribution >= 0.6 is 39.1 Å². The molecule has 0 atom stereocenters. The van der Waals surface area contributed by atoms with Crippen molar-refractivity contribution in [2.45, 2.75) is 13.2 Å². The molecule has 0 aliphatic heterocycles. The molecular weight excluding hydrogens is 509 g/mol. The van der Waals surface area contributed by atoms with Crippen LogP contribution < -0.4 is 15.5 Å². The quantitative estimate of drug-likeness (QED) is 0.266. The highest BCUT2D eigenvalue weighted by Gasteiger charge is 2.13. The number of hydrogen-bond donors (Lipinski definition) is 2. The lowest BCUT2D eigenvalue weighted by atomic mass is 10.2. The van der Waals surface area contributed by atoms with Crippen molar-refractivity contribution in [3.8, 4) is 5.75 Å². The molecule has 160 valence electrons. The van der Waals surface area contributed by atoms with Gasteiger partial charge in [0.05, 0.1) is 19.0 Å². The van der Waals surface area contributed by atoms with E-state index in [1.807, 2.05) is 0 Å². The minimum atomic E-state index is -0.909. The van der Waals surface area contributed by atoms with Crippen LogP contribution in [0.5, 0.6) is 5.75 Å². The smallest absolute Gasteiger partial charge is 0.329 e. The number of benzene rings is 2. The number of nitrogens with zero attached hydrogens (tertiary/aromatic N) is 1. The van der Waals surface area contributed by atoms with E-state index in [-0.39, 0.29) is 13.2 Å². The predicted octanol–water partition coefficient (Wildman–Crippen LogP) is 4.69. The van der Waals surface area contributed by atoms with Gasteiger partial charge >= 0.3 is 11.8 Å². The van der Waals surface area contributed by atoms with Crippen LogP contribution in [-0.4, -0.2) is 18.0 Å². The Hall–Kier alpha value is -2.81. The molecule has 0 radical (unpaired) electrons. The van der Waals surface area contributed by atoms with E-state index in [0.717, 1.165) is 10.0 Å². The van der Waals surface area contributed by atoms with E-state index in [1.54, 1.807) is 48.5 Å². The number of furan rings is 1. The molecule has 3 aromatic rings. The van der Waals surface area contributed by atoms with Gasteiger partial charge in [0.1, 0.15) is 18.1 Å². The fourth-order valence-electron chi connectivity index (χ4n) is 2.42. The number of nitrogens with one attached hydrogen (secondary N) is 2. The number of rotatable bonds is 7. The molecule has 2 amide bonds. The molecule has 2 N–H and O–H groups in total. The molecule has 0 fully saturated rings. The van der Waals surface area contributed by atoms with Crippen molar-refractivity contribution in [3.05, 3.63) is 86.2 Å². The van der Waals surface area contributed by atoms with Crippen LogP contribution in [0.2, 0.25) is 10.0 Å². The van der Waals surface area contributed by atoms with Crippen molar-refractivity contribution in [1.82, 2.24) is 10.7 Å². The Morgan fingerprint density at radius 3 is 2.71 bits per heavy atom. The standard InChI is InChI=1S/C21H16BrCl2N3O4/c22-15-4-6-19(31-12-13-3-5-16(23)9-18(13)24)14(8-15)10-26-27-21(29)20(28)25-11-17-2-1-7-30-17/h1-10H,11-12H2,(H,25,28)(H,27,29)/b26-10-. The summed E-state index contributed by atoms with van der Waals surface area (Å²) < 4.78 is 11.7. The molecule has 0 saturated carbocycles. The molecule has 0 aliphatic carbocycles. The van der Waals surface area contributed by atoms with E-state index in [1.165, 1.54) is 12.5 Å². The molecule has 0 saturated heterocycles. The summed E-state index contributed by atoms with van der Waals surface area (Å²) in [7, 11) is 0. The summed E-state index contributed by atoms with van der Waals surface area (Å²) in [6, 6.07) is 13.8. The van der Waals surface area contributed by atoms with Crippen LogP contribution in [0.25, 0.3) is 0 Å². The van der Waals surface area contributed by atoms with Crippen LogP contribution in [-0.2, 0) is 22.7 Å². The average Bonchev–Trinajstić information content (AvgIpc) is 3.26. The van der Waals surface area contributed by atoms with Gasteiger partial charge in [0, 0.05) is 25.6 Å². The van der Waals surface area contributed by atoms with Gasteiger partial charge in [0.2, 0.25) is 0 Å². The van der Waals surface area contributed by atoms with Crippen molar-refractivity contribution < 1.29 is 18.7 Å². The third-order valence-electron chi connectivity index (χ3n) is 3.95. The lowest BCUT2D eigenvalue weighted by Crippen LogP contribution is -2.37. The predicted molar refractivity (Wildman–Crippen MR) is 121 cm³/mol. The first-order valence-electron chi connectivity index (χ1n) is 8.92. The van der Waals surface area contributed by atoms with Crippen LogP contribution in [0.4, 0.5) is 0 Å². The Labute approximate surface area is 196 Å². The SMILES string of the molecule is O=C(NCc1ccco1)C(=O)N/N=C\c1cc(Br)ccc1OCc1ccc(Cl)cc1Cl. The molecule has 7 nitrogen and oxygen atoms in total. The Bertz CT molecular complexity index is 1100. The molecule has 0 bridgehead atoms. The Morgan fingerprint density at radius 1 is 1.13 bits per heavy atom. The van der Waals surface area contributed by atoms with Crippen molar-refractivity contribution in [2.75, 3.05) is 0 Å². The molecule has 31 heavy (non-hydrogen) atoms. The third-order valence-corrected chi connectivity index (χ3v) is 5.03. The first-order chi connectivity index (χ1) is 14.9. The van der Waals surface area contributed by atoms with Crippen LogP contribution in [0.15, 0.2) is 68.8 Å². The normalized spacial score (nSPS) is 10.8. The summed E-state index contributed by atoms with van der Waals surface area (Å²) >= 11 is 15.5. The fourth-order valence-corrected chi connectivity index (χ4v) is 3.26. The summed E-state index contributed by atoms with van der Waals surface area (Å²) in [6.45, 7) is 0.305. The minimum absolute atomic E-state index is 0.0971. The van der Waals surface area contributed by atoms with Gasteiger partial charge < -0.3 is 14.5 Å². The number of halogens is 3. The van der Waals surface area contributed by atoms with Gasteiger partial charge in [-0.2, -0.15) is 5.10 Å². The fraction of sp³-hybridized carbons (Fsp3) is 0.0952. The number of hydrazone groups is 1. The van der Waals surface area contributed by atoms with Gasteiger partial charge in [0.15, 0.2) is 0 Å². The summed E-state index contributed by atoms with van der Waals surface area (Å²) in [4.78, 5) is 23.7. The van der Waals surface area contributed by atoms with Crippen molar-refractivity contribution in [2.24, 2.45) is 5.10 Å². The van der Waals surface area contributed by atoms with E-state index >= 15 is 0 Å². The maximum absolute atomic E-state index is 11.9. The van der Waals surface area contributed by atoms with E-state index < -0.39 is 11.8 Å². The first kappa shape index (κ1) is 22.9. The zero-order valence-electron chi connectivity index (χ0n) is 15.9. The number of hydrogen-bond acceptors (Lipinski definition) is 5. The first-order valence-corrected chi connectivity index (χ1v) is 10.5. The van der Waals surface area contributed by atoms with E-state index in [9.17, 15) is 9.59 Å². The molecule has 0 spiro atoms. The monoisotopic (exact) mass is 523 g/mol. The number of amides is 2. The van der Waals surface area contributed by atoms with E-state index in [0.29, 0.717) is 27.1 Å². The Morgan fingerprint density at radius 2 is 1.97 bits per heavy atom. The molecule has 1 aromatic heterocycles. The average molecular weight is 525 g/mol. The Balaban J connectivity index is 1.59. The van der Waals surface area contributed by atoms with Crippen LogP contribution in [0, 0.1) is 0 Å². The van der Waals surface area contributed by atoms with Crippen molar-refractivity contribution >= 4 is 57.2 Å². The maximum Gasteiger partial charge on any atom is 0.329 e. The van der Waals surface area contributed by atoms with Gasteiger partial charge in [0.25, 0.3) is 0 Å². The molecular formula is C21H16BrCl2N3O4. The van der Waals surface area contributed by atoms with Gasteiger partial charge in [-0.3, -0.25) is 9.59 Å². The second-order valence-corrected chi connectivity index (χ2v) is 7.93. The lowest BCUT2D eigenvalue weighted by Gasteiger charge is -2.11. The number of ether oxygens (including phenoxy) is 1. The van der Waals surface area contributed by atoms with Crippen LogP contribution in [0.3, 0.4) is 0 Å². The summed E-state index contributed by atoms with van der Waals surface area (Å²) in [5, 5.41) is 7.30.